The van der Waals surface area contributed by atoms with E-state index in [1.807, 2.05) is 6.07 Å². The Kier molecular flexibility index (Phi) is 2.13. The van der Waals surface area contributed by atoms with Gasteiger partial charge in [0, 0.05) is 11.8 Å². The summed E-state index contributed by atoms with van der Waals surface area (Å²) in [5.74, 6) is -0.00120. The predicted molar refractivity (Wildman–Crippen MR) is 53.8 cm³/mol. The van der Waals surface area contributed by atoms with Crippen LogP contribution in [-0.4, -0.2) is 16.2 Å². The van der Waals surface area contributed by atoms with Gasteiger partial charge in [-0.05, 0) is 12.1 Å². The quantitative estimate of drug-likeness (QED) is 0.715. The van der Waals surface area contributed by atoms with Gasteiger partial charge in [-0.1, -0.05) is 12.1 Å². The van der Waals surface area contributed by atoms with Crippen LogP contribution in [0.25, 0.3) is 11.0 Å². The van der Waals surface area contributed by atoms with Crippen LogP contribution in [0.2, 0.25) is 0 Å². The molecule has 2 aromatic rings. The maximum absolute atomic E-state index is 11.5. The molecule has 5 heteroatoms. The van der Waals surface area contributed by atoms with Gasteiger partial charge in [0.05, 0.1) is 18.1 Å². The maximum Gasteiger partial charge on any atom is 0.328 e. The van der Waals surface area contributed by atoms with E-state index in [2.05, 4.69) is 4.98 Å². The predicted octanol–water partition coefficient (Wildman–Crippen LogP) is 1.41. The molecule has 4 nitrogen and oxygen atoms in total. The molecule has 0 fully saturated rings. The van der Waals surface area contributed by atoms with Crippen LogP contribution < -0.4 is 10.3 Å². The van der Waals surface area contributed by atoms with Gasteiger partial charge in [0.2, 0.25) is 0 Å². The molecule has 0 aliphatic carbocycles. The second-order valence-electron chi connectivity index (χ2n) is 2.70. The third-order valence-corrected chi connectivity index (χ3v) is 2.21. The van der Waals surface area contributed by atoms with Gasteiger partial charge in [-0.15, -0.1) is 0 Å². The number of para-hydroxylation sites is 2. The van der Waals surface area contributed by atoms with E-state index in [1.165, 1.54) is 7.11 Å². The fourth-order valence-corrected chi connectivity index (χ4v) is 1.42. The van der Waals surface area contributed by atoms with E-state index < -0.39 is 5.56 Å². The number of fused-ring (bicyclic) bond motifs is 1. The lowest BCUT2D eigenvalue weighted by atomic mass is 10.3. The van der Waals surface area contributed by atoms with Crippen molar-refractivity contribution in [2.24, 2.45) is 0 Å². The molecular weight excluding hydrogens is 204 g/mol. The summed E-state index contributed by atoms with van der Waals surface area (Å²) in [6, 6.07) is 7.08. The van der Waals surface area contributed by atoms with Crippen LogP contribution in [-0.2, 0) is 0 Å². The summed E-state index contributed by atoms with van der Waals surface area (Å²) < 4.78 is 5.81. The average molecular weight is 211 g/mol. The van der Waals surface area contributed by atoms with Crippen molar-refractivity contribution < 1.29 is 4.74 Å². The van der Waals surface area contributed by atoms with E-state index in [0.29, 0.717) is 11.0 Å². The minimum atomic E-state index is -0.451. The number of rotatable bonds is 1. The van der Waals surface area contributed by atoms with Crippen molar-refractivity contribution in [3.8, 4) is 5.88 Å². The largest absolute Gasteiger partial charge is 0.477 e. The molecule has 0 aliphatic heterocycles. The Morgan fingerprint density at radius 2 is 2.14 bits per heavy atom. The van der Waals surface area contributed by atoms with E-state index in [4.69, 9.17) is 16.5 Å². The van der Waals surface area contributed by atoms with Crippen LogP contribution in [0.15, 0.2) is 29.1 Å². The van der Waals surface area contributed by atoms with Crippen LogP contribution in [0.4, 0.5) is 0 Å². The molecule has 1 heterocycles. The van der Waals surface area contributed by atoms with E-state index in [-0.39, 0.29) is 5.88 Å². The van der Waals surface area contributed by atoms with Crippen LogP contribution in [0.1, 0.15) is 0 Å². The van der Waals surface area contributed by atoms with Crippen molar-refractivity contribution in [3.63, 3.8) is 0 Å². The zero-order valence-electron chi connectivity index (χ0n) is 7.40. The summed E-state index contributed by atoms with van der Waals surface area (Å²) in [5, 5.41) is 0. The van der Waals surface area contributed by atoms with Gasteiger partial charge < -0.3 is 4.74 Å². The molecule has 1 aromatic heterocycles. The first kappa shape index (κ1) is 9.02. The van der Waals surface area contributed by atoms with Gasteiger partial charge in [-0.3, -0.25) is 4.79 Å². The first-order valence-electron chi connectivity index (χ1n) is 3.96. The Labute approximate surface area is 84.8 Å². The van der Waals surface area contributed by atoms with Gasteiger partial charge in [0.25, 0.3) is 5.88 Å². The molecule has 0 bridgehead atoms. The zero-order valence-corrected chi connectivity index (χ0v) is 8.15. The third-order valence-electron chi connectivity index (χ3n) is 1.87. The molecule has 1 aromatic carbocycles. The second-order valence-corrected chi connectivity index (χ2v) is 3.03. The highest BCUT2D eigenvalue weighted by atomic mass is 35.5. The SMILES string of the molecule is COc1nc2ccccc2n(Cl)c1=O. The Bertz CT molecular complexity index is 536. The number of benzene rings is 1. The third kappa shape index (κ3) is 1.24. The summed E-state index contributed by atoms with van der Waals surface area (Å²) in [7, 11) is 1.38. The first-order valence-corrected chi connectivity index (χ1v) is 4.30. The van der Waals surface area contributed by atoms with Gasteiger partial charge in [-0.25, -0.2) is 9.07 Å². The number of nitrogens with zero attached hydrogens (tertiary/aromatic N) is 2. The highest BCUT2D eigenvalue weighted by molar-refractivity contribution is 6.18. The summed E-state index contributed by atoms with van der Waals surface area (Å²) in [4.78, 5) is 15.5. The monoisotopic (exact) mass is 210 g/mol. The molecule has 2 rings (SSSR count). The van der Waals surface area contributed by atoms with E-state index in [9.17, 15) is 4.79 Å². The van der Waals surface area contributed by atoms with E-state index in [0.717, 1.165) is 4.09 Å². The molecule has 0 spiro atoms. The minimum Gasteiger partial charge on any atom is -0.477 e. The fraction of sp³-hybridized carbons (Fsp3) is 0.111. The molecular formula is C9H7ClN2O2. The van der Waals surface area contributed by atoms with Crippen LogP contribution in [0, 0.1) is 0 Å². The van der Waals surface area contributed by atoms with Crippen LogP contribution in [0.5, 0.6) is 5.88 Å². The number of hydrogen-bond donors (Lipinski definition) is 0. The van der Waals surface area contributed by atoms with Crippen molar-refractivity contribution in [1.82, 2.24) is 9.07 Å². The molecule has 0 N–H and O–H groups in total. The average Bonchev–Trinajstić information content (AvgIpc) is 2.23. The summed E-state index contributed by atoms with van der Waals surface area (Å²) >= 11 is 5.79. The molecule has 0 atom stereocenters. The molecule has 0 saturated carbocycles. The Morgan fingerprint density at radius 1 is 1.43 bits per heavy atom. The number of aromatic nitrogens is 2. The van der Waals surface area contributed by atoms with Gasteiger partial charge >= 0.3 is 5.56 Å². The Morgan fingerprint density at radius 3 is 2.86 bits per heavy atom. The van der Waals surface area contributed by atoms with Crippen LogP contribution >= 0.6 is 11.8 Å². The highest BCUT2D eigenvalue weighted by Gasteiger charge is 2.08. The molecule has 14 heavy (non-hydrogen) atoms. The maximum atomic E-state index is 11.5. The van der Waals surface area contributed by atoms with E-state index in [1.54, 1.807) is 18.2 Å². The number of hydrogen-bond acceptors (Lipinski definition) is 3. The standard InChI is InChI=1S/C9H7ClN2O2/c1-14-8-9(13)12(10)7-5-3-2-4-6(7)11-8/h2-5H,1H3. The Hall–Kier alpha value is -1.55. The number of halogens is 1. The lowest BCUT2D eigenvalue weighted by Gasteiger charge is -2.03. The van der Waals surface area contributed by atoms with Crippen LogP contribution in [0.3, 0.4) is 0 Å². The molecule has 0 radical (unpaired) electrons. The van der Waals surface area contributed by atoms with Crippen molar-refractivity contribution in [2.45, 2.75) is 0 Å². The molecule has 72 valence electrons. The summed E-state index contributed by atoms with van der Waals surface area (Å²) in [6.45, 7) is 0. The second kappa shape index (κ2) is 3.31. The van der Waals surface area contributed by atoms with Gasteiger partial charge in [0.1, 0.15) is 0 Å². The van der Waals surface area contributed by atoms with Crippen molar-refractivity contribution in [3.05, 3.63) is 34.6 Å². The summed E-state index contributed by atoms with van der Waals surface area (Å²) in [5.41, 5.74) is 0.742. The Balaban J connectivity index is 2.92. The van der Waals surface area contributed by atoms with Crippen molar-refractivity contribution in [1.29, 1.82) is 0 Å². The number of ether oxygens (including phenoxy) is 1. The lowest BCUT2D eigenvalue weighted by molar-refractivity contribution is 0.392. The molecule has 0 unspecified atom stereocenters. The van der Waals surface area contributed by atoms with Crippen molar-refractivity contribution >= 4 is 22.8 Å². The zero-order chi connectivity index (χ0) is 10.1. The van der Waals surface area contributed by atoms with Gasteiger partial charge in [0.15, 0.2) is 0 Å². The van der Waals surface area contributed by atoms with E-state index >= 15 is 0 Å². The lowest BCUT2D eigenvalue weighted by Crippen LogP contribution is -2.16. The normalized spacial score (nSPS) is 10.4. The molecule has 0 saturated heterocycles. The first-order chi connectivity index (χ1) is 6.74. The smallest absolute Gasteiger partial charge is 0.328 e. The fourth-order valence-electron chi connectivity index (χ4n) is 1.21. The topological polar surface area (TPSA) is 44.1 Å². The van der Waals surface area contributed by atoms with Crippen molar-refractivity contribution in [2.75, 3.05) is 7.11 Å². The molecule has 0 amide bonds. The number of methoxy groups -OCH3 is 1. The highest BCUT2D eigenvalue weighted by Crippen LogP contribution is 2.12. The van der Waals surface area contributed by atoms with Gasteiger partial charge in [-0.2, -0.15) is 0 Å². The summed E-state index contributed by atoms with van der Waals surface area (Å²) in [6.07, 6.45) is 0. The minimum absolute atomic E-state index is 0.00120. The molecule has 0 aliphatic rings.